The van der Waals surface area contributed by atoms with Crippen LogP contribution < -0.4 is 5.32 Å². The van der Waals surface area contributed by atoms with Crippen molar-refractivity contribution >= 4 is 29.3 Å². The summed E-state index contributed by atoms with van der Waals surface area (Å²) >= 11 is 7.55. The van der Waals surface area contributed by atoms with Gasteiger partial charge in [-0.1, -0.05) is 41.9 Å². The molecule has 1 N–H and O–H groups in total. The number of aromatic nitrogens is 3. The van der Waals surface area contributed by atoms with Gasteiger partial charge >= 0.3 is 0 Å². The van der Waals surface area contributed by atoms with Gasteiger partial charge in [-0.05, 0) is 63.0 Å². The zero-order valence-corrected chi connectivity index (χ0v) is 18.0. The molecule has 2 saturated carbocycles. The zero-order valence-electron chi connectivity index (χ0n) is 16.4. The summed E-state index contributed by atoms with van der Waals surface area (Å²) in [5, 5.41) is 13.3. The van der Waals surface area contributed by atoms with Gasteiger partial charge in [0, 0.05) is 23.2 Å². The number of carbonyl (C=O) groups excluding carboxylic acids is 1. The van der Waals surface area contributed by atoms with Crippen molar-refractivity contribution in [3.63, 3.8) is 0 Å². The molecule has 0 saturated heterocycles. The summed E-state index contributed by atoms with van der Waals surface area (Å²) < 4.78 is 2.03. The van der Waals surface area contributed by atoms with Gasteiger partial charge in [-0.25, -0.2) is 0 Å². The van der Waals surface area contributed by atoms with Crippen LogP contribution in [-0.4, -0.2) is 32.5 Å². The lowest BCUT2D eigenvalue weighted by atomic mass is 9.84. The van der Waals surface area contributed by atoms with Gasteiger partial charge in [-0.2, -0.15) is 0 Å². The van der Waals surface area contributed by atoms with Crippen LogP contribution in [0.15, 0.2) is 29.4 Å². The summed E-state index contributed by atoms with van der Waals surface area (Å²) in [6.45, 7) is 4.96. The molecule has 0 radical (unpaired) electrons. The molecule has 1 aromatic heterocycles. The Labute approximate surface area is 175 Å². The number of thioether (sulfide) groups is 1. The summed E-state index contributed by atoms with van der Waals surface area (Å²) in [5.41, 5.74) is 0.933. The Morgan fingerprint density at radius 1 is 1.36 bits per heavy atom. The maximum absolute atomic E-state index is 12.5. The van der Waals surface area contributed by atoms with Gasteiger partial charge in [0.15, 0.2) is 11.0 Å². The van der Waals surface area contributed by atoms with Crippen LogP contribution in [0.2, 0.25) is 5.02 Å². The van der Waals surface area contributed by atoms with Crippen molar-refractivity contribution in [1.82, 2.24) is 20.1 Å². The fourth-order valence-electron chi connectivity index (χ4n) is 4.96. The summed E-state index contributed by atoms with van der Waals surface area (Å²) in [4.78, 5) is 12.5. The van der Waals surface area contributed by atoms with Gasteiger partial charge < -0.3 is 9.88 Å². The van der Waals surface area contributed by atoms with Gasteiger partial charge in [0.2, 0.25) is 5.91 Å². The number of hydrogen-bond donors (Lipinski definition) is 1. The van der Waals surface area contributed by atoms with Crippen molar-refractivity contribution in [3.05, 3.63) is 29.3 Å². The number of halogens is 1. The lowest BCUT2D eigenvalue weighted by Gasteiger charge is -2.28. The maximum Gasteiger partial charge on any atom is 0.230 e. The number of nitrogens with zero attached hydrogens (tertiary/aromatic N) is 3. The maximum atomic E-state index is 12.5. The number of nitrogens with one attached hydrogen (secondary N) is 1. The van der Waals surface area contributed by atoms with E-state index in [1.807, 2.05) is 28.8 Å². The van der Waals surface area contributed by atoms with E-state index in [0.717, 1.165) is 34.9 Å². The third-order valence-electron chi connectivity index (χ3n) is 6.27. The van der Waals surface area contributed by atoms with Crippen LogP contribution in [-0.2, 0) is 11.3 Å². The van der Waals surface area contributed by atoms with Crippen LogP contribution in [0.3, 0.4) is 0 Å². The average molecular weight is 419 g/mol. The Bertz CT molecular complexity index is 855. The molecule has 4 unspecified atom stereocenters. The van der Waals surface area contributed by atoms with Crippen molar-refractivity contribution in [2.24, 2.45) is 17.8 Å². The van der Waals surface area contributed by atoms with Gasteiger partial charge in [0.25, 0.3) is 0 Å². The van der Waals surface area contributed by atoms with E-state index >= 15 is 0 Å². The summed E-state index contributed by atoms with van der Waals surface area (Å²) in [7, 11) is 0. The fourth-order valence-corrected chi connectivity index (χ4v) is 5.96. The topological polar surface area (TPSA) is 59.8 Å². The van der Waals surface area contributed by atoms with Crippen molar-refractivity contribution in [2.75, 3.05) is 5.75 Å². The highest BCUT2D eigenvalue weighted by atomic mass is 35.5. The second-order valence-corrected chi connectivity index (χ2v) is 9.42. The standard InChI is InChI=1S/C21H27ClN4OS/c1-3-26-20(16-5-4-6-17(22)11-16)24-25-21(26)28-12-19(27)23-13(2)18-10-14-7-8-15(18)9-14/h4-6,11,13-15,18H,3,7-10,12H2,1-2H3,(H,23,27). The first-order chi connectivity index (χ1) is 13.5. The lowest BCUT2D eigenvalue weighted by Crippen LogP contribution is -2.40. The molecule has 2 aliphatic rings. The molecule has 150 valence electrons. The smallest absolute Gasteiger partial charge is 0.230 e. The second-order valence-electron chi connectivity index (χ2n) is 8.04. The van der Waals surface area contributed by atoms with E-state index in [0.29, 0.717) is 16.7 Å². The highest BCUT2D eigenvalue weighted by molar-refractivity contribution is 7.99. The monoisotopic (exact) mass is 418 g/mol. The molecular weight excluding hydrogens is 392 g/mol. The second kappa shape index (κ2) is 8.46. The predicted molar refractivity (Wildman–Crippen MR) is 113 cm³/mol. The zero-order chi connectivity index (χ0) is 19.7. The number of carbonyl (C=O) groups is 1. The predicted octanol–water partition coefficient (Wildman–Crippen LogP) is 4.65. The van der Waals surface area contributed by atoms with Crippen LogP contribution >= 0.6 is 23.4 Å². The molecule has 1 aromatic carbocycles. The Hall–Kier alpha value is -1.53. The van der Waals surface area contributed by atoms with E-state index in [1.165, 1.54) is 37.4 Å². The molecule has 1 heterocycles. The third kappa shape index (κ3) is 4.08. The minimum Gasteiger partial charge on any atom is -0.353 e. The van der Waals surface area contributed by atoms with Crippen molar-refractivity contribution < 1.29 is 4.79 Å². The van der Waals surface area contributed by atoms with E-state index in [-0.39, 0.29) is 11.9 Å². The van der Waals surface area contributed by atoms with E-state index in [9.17, 15) is 4.79 Å². The number of rotatable bonds is 7. The van der Waals surface area contributed by atoms with Gasteiger partial charge in [-0.15, -0.1) is 10.2 Å². The largest absolute Gasteiger partial charge is 0.353 e. The normalized spacial score (nSPS) is 24.5. The molecule has 2 fully saturated rings. The Balaban J connectivity index is 1.36. The molecule has 0 aliphatic heterocycles. The van der Waals surface area contributed by atoms with Crippen molar-refractivity contribution in [1.29, 1.82) is 0 Å². The molecule has 2 bridgehead atoms. The highest BCUT2D eigenvalue weighted by Crippen LogP contribution is 2.49. The molecule has 7 heteroatoms. The van der Waals surface area contributed by atoms with Crippen LogP contribution in [0.4, 0.5) is 0 Å². The average Bonchev–Trinajstić information content (AvgIpc) is 3.41. The first-order valence-corrected chi connectivity index (χ1v) is 11.5. The molecule has 1 amide bonds. The Kier molecular flexibility index (Phi) is 5.97. The SMILES string of the molecule is CCn1c(SCC(=O)NC(C)C2CC3CCC2C3)nnc1-c1cccc(Cl)c1. The molecule has 2 aromatic rings. The Morgan fingerprint density at radius 2 is 2.21 bits per heavy atom. The molecule has 28 heavy (non-hydrogen) atoms. The molecular formula is C21H27ClN4OS. The van der Waals surface area contributed by atoms with Crippen LogP contribution in [0.25, 0.3) is 11.4 Å². The fraction of sp³-hybridized carbons (Fsp3) is 0.571. The number of amides is 1. The van der Waals surface area contributed by atoms with Crippen LogP contribution in [0.5, 0.6) is 0 Å². The van der Waals surface area contributed by atoms with Gasteiger partial charge in [-0.3, -0.25) is 4.79 Å². The minimum absolute atomic E-state index is 0.0789. The number of benzene rings is 1. The quantitative estimate of drug-likeness (QED) is 0.665. The molecule has 2 aliphatic carbocycles. The molecule has 5 nitrogen and oxygen atoms in total. The first-order valence-electron chi connectivity index (χ1n) is 10.2. The molecule has 0 spiro atoms. The molecule has 4 rings (SSSR count). The van der Waals surface area contributed by atoms with E-state index in [2.05, 4.69) is 29.4 Å². The van der Waals surface area contributed by atoms with Crippen molar-refractivity contribution in [2.45, 2.75) is 57.3 Å². The third-order valence-corrected chi connectivity index (χ3v) is 7.47. The van der Waals surface area contributed by atoms with E-state index < -0.39 is 0 Å². The first kappa shape index (κ1) is 19.8. The summed E-state index contributed by atoms with van der Waals surface area (Å²) in [6.07, 6.45) is 5.38. The summed E-state index contributed by atoms with van der Waals surface area (Å²) in [5.74, 6) is 3.59. The van der Waals surface area contributed by atoms with E-state index in [4.69, 9.17) is 11.6 Å². The Morgan fingerprint density at radius 3 is 2.89 bits per heavy atom. The minimum atomic E-state index is 0.0789. The van der Waals surface area contributed by atoms with Gasteiger partial charge in [0.1, 0.15) is 0 Å². The number of hydrogen-bond acceptors (Lipinski definition) is 4. The highest BCUT2D eigenvalue weighted by Gasteiger charge is 2.42. The number of fused-ring (bicyclic) bond motifs is 2. The van der Waals surface area contributed by atoms with Crippen molar-refractivity contribution in [3.8, 4) is 11.4 Å². The van der Waals surface area contributed by atoms with Gasteiger partial charge in [0.05, 0.1) is 5.75 Å². The van der Waals surface area contributed by atoms with Crippen LogP contribution in [0.1, 0.15) is 39.5 Å². The van der Waals surface area contributed by atoms with E-state index in [1.54, 1.807) is 0 Å². The molecule has 4 atom stereocenters. The van der Waals surface area contributed by atoms with Crippen LogP contribution in [0, 0.1) is 17.8 Å². The lowest BCUT2D eigenvalue weighted by molar-refractivity contribution is -0.119. The summed E-state index contributed by atoms with van der Waals surface area (Å²) in [6, 6.07) is 7.86.